The number of hydrogen-bond donors (Lipinski definition) is 10. The van der Waals surface area contributed by atoms with Gasteiger partial charge in [0, 0.05) is 18.6 Å². The molecular weight excluding hydrogens is 375 g/mol. The summed E-state index contributed by atoms with van der Waals surface area (Å²) >= 11 is 0. The molecule has 10 N–H and O–H groups in total. The van der Waals surface area contributed by atoms with E-state index in [2.05, 4.69) is 55.9 Å². The molecule has 0 aromatic rings. The van der Waals surface area contributed by atoms with Crippen LogP contribution in [-0.4, -0.2) is 0 Å². The van der Waals surface area contributed by atoms with Crippen LogP contribution in [0.4, 0.5) is 0 Å². The van der Waals surface area contributed by atoms with Crippen LogP contribution in [0.3, 0.4) is 0 Å². The predicted molar refractivity (Wildman–Crippen MR) is 74.3 cm³/mol. The molecule has 20 nitrogen and oxygen atoms in total. The van der Waals surface area contributed by atoms with Gasteiger partial charge in [-0.25, -0.2) is 0 Å². The van der Waals surface area contributed by atoms with Crippen molar-refractivity contribution in [3.8, 4) is 0 Å². The summed E-state index contributed by atoms with van der Waals surface area (Å²) in [5.41, 5.74) is 45.0. The molecular formula is C2H18N10O10V. The fourth-order valence-corrected chi connectivity index (χ4v) is 0. The van der Waals surface area contributed by atoms with E-state index in [0.29, 0.717) is 0 Å². The van der Waals surface area contributed by atoms with Crippen LogP contribution in [0.2, 0.25) is 0 Å². The van der Waals surface area contributed by atoms with Crippen LogP contribution in [-0.2, 0) is 18.6 Å². The van der Waals surface area contributed by atoms with Crippen LogP contribution in [0.15, 0.2) is 0 Å². The molecule has 0 aromatic heterocycles. The largest absolute Gasteiger partial charge is 0.154 e. The van der Waals surface area contributed by atoms with E-state index < -0.39 is 0 Å². The predicted octanol–water partition coefficient (Wildman–Crippen LogP) is 4.59. The van der Waals surface area contributed by atoms with Crippen molar-refractivity contribution in [2.45, 2.75) is 14.9 Å². The second-order valence-electron chi connectivity index (χ2n) is 0. The van der Waals surface area contributed by atoms with Crippen molar-refractivity contribution in [1.82, 2.24) is 0 Å². The third-order valence-electron chi connectivity index (χ3n) is 0. The Kier molecular flexibility index (Phi) is 3340. The van der Waals surface area contributed by atoms with Crippen LogP contribution in [0.25, 0.3) is 0 Å². The molecule has 0 saturated carbocycles. The van der Waals surface area contributed by atoms with Crippen molar-refractivity contribution in [2.75, 3.05) is 0 Å². The van der Waals surface area contributed by atoms with E-state index in [1.807, 2.05) is 0 Å². The van der Waals surface area contributed by atoms with Gasteiger partial charge in [-0.3, -0.25) is 0 Å². The molecule has 0 saturated heterocycles. The summed E-state index contributed by atoms with van der Waals surface area (Å²) in [4.78, 5) is 75.0. The fraction of sp³-hybridized carbons (Fsp3) is 1.00. The molecule has 0 heterocycles. The van der Waals surface area contributed by atoms with Crippen molar-refractivity contribution in [3.63, 3.8) is 0 Å². The molecule has 0 aliphatic carbocycles. The third kappa shape index (κ3) is 438. The number of hydrogen-bond acceptors (Lipinski definition) is 20. The molecule has 0 spiro atoms. The van der Waals surface area contributed by atoms with Gasteiger partial charge < -0.3 is 0 Å². The minimum atomic E-state index is 0. The molecule has 0 amide bonds. The Hall–Kier alpha value is -3.42. The molecule has 0 unspecified atom stereocenters. The molecule has 141 valence electrons. The summed E-state index contributed by atoms with van der Waals surface area (Å²) < 4.78 is 0. The summed E-state index contributed by atoms with van der Waals surface area (Å²) in [7, 11) is 0. The number of nitroso groups, excluding NO2 is 10. The first kappa shape index (κ1) is 156. The first-order chi connectivity index (χ1) is 10.0. The van der Waals surface area contributed by atoms with Crippen molar-refractivity contribution in [2.24, 2.45) is 0 Å². The zero-order chi connectivity index (χ0) is 20.0. The Bertz CT molecular complexity index is 68.8. The van der Waals surface area contributed by atoms with E-state index in [0.717, 1.165) is 0 Å². The zero-order valence-electron chi connectivity index (χ0n) is 9.53. The summed E-state index contributed by atoms with van der Waals surface area (Å²) in [5, 5.41) is 0. The average molecular weight is 393 g/mol. The van der Waals surface area contributed by atoms with Crippen LogP contribution >= 0.6 is 0 Å². The van der Waals surface area contributed by atoms with Gasteiger partial charge in [0.05, 0.1) is 0 Å². The van der Waals surface area contributed by atoms with Gasteiger partial charge in [0.15, 0.2) is 0 Å². The molecule has 21 heteroatoms. The second-order valence-corrected chi connectivity index (χ2v) is 0. The van der Waals surface area contributed by atoms with Gasteiger partial charge in [-0.05, 0) is 0 Å². The minimum Gasteiger partial charge on any atom is -0.154 e. The summed E-state index contributed by atoms with van der Waals surface area (Å²) in [6, 6.07) is 0. The first-order valence-electron chi connectivity index (χ1n) is 2.04. The number of rotatable bonds is 0. The molecule has 0 bridgehead atoms. The summed E-state index contributed by atoms with van der Waals surface area (Å²) in [6.07, 6.45) is 0. The van der Waals surface area contributed by atoms with E-state index in [4.69, 9.17) is 49.1 Å². The topological polar surface area (TPSA) is 409 Å². The monoisotopic (exact) mass is 393 g/mol. The van der Waals surface area contributed by atoms with Crippen LogP contribution < -0.4 is 0 Å². The van der Waals surface area contributed by atoms with Gasteiger partial charge in [0.2, 0.25) is 0 Å². The van der Waals surface area contributed by atoms with Crippen molar-refractivity contribution in [1.29, 1.82) is 55.9 Å². The van der Waals surface area contributed by atoms with Gasteiger partial charge in [-0.15, -0.1) is 0 Å². The molecule has 23 heavy (non-hydrogen) atoms. The van der Waals surface area contributed by atoms with E-state index >= 15 is 0 Å². The number of nitrogens with one attached hydrogen (secondary N) is 10. The summed E-state index contributed by atoms with van der Waals surface area (Å²) in [5.74, 6) is 0. The second kappa shape index (κ2) is 493. The Morgan fingerprint density at radius 2 is 0.217 bits per heavy atom. The van der Waals surface area contributed by atoms with Gasteiger partial charge in [-0.1, -0.05) is 70.8 Å². The maximum Gasteiger partial charge on any atom is 0 e. The average Bonchev–Trinajstić information content (AvgIpc) is 2.71. The van der Waals surface area contributed by atoms with E-state index in [-0.39, 0.29) is 33.4 Å². The maximum atomic E-state index is 7.50. The van der Waals surface area contributed by atoms with E-state index in [1.54, 1.807) is 0 Å². The Morgan fingerprint density at radius 3 is 0.217 bits per heavy atom. The molecule has 0 rings (SSSR count). The normalized spacial score (nSPS) is 1.74. The van der Waals surface area contributed by atoms with Crippen LogP contribution in [0, 0.1) is 105 Å². The molecule has 0 aliphatic heterocycles. The van der Waals surface area contributed by atoms with Crippen molar-refractivity contribution >= 4 is 0 Å². The van der Waals surface area contributed by atoms with Gasteiger partial charge in [-0.2, -0.15) is 49.1 Å². The van der Waals surface area contributed by atoms with Crippen LogP contribution in [0.1, 0.15) is 14.9 Å². The Labute approximate surface area is 139 Å². The zero-order valence-corrected chi connectivity index (χ0v) is 10.9. The first-order valence-corrected chi connectivity index (χ1v) is 2.04. The van der Waals surface area contributed by atoms with Gasteiger partial charge in [0.1, 0.15) is 0 Å². The van der Waals surface area contributed by atoms with E-state index in [9.17, 15) is 0 Å². The van der Waals surface area contributed by atoms with Crippen molar-refractivity contribution < 1.29 is 18.6 Å². The minimum absolute atomic E-state index is 0. The standard InChI is InChI=1S/2CH4.10HNO.V/c;;10*1-2;/h2*1H4;10*1H;. The third-order valence-corrected chi connectivity index (χ3v) is 0. The van der Waals surface area contributed by atoms with Gasteiger partial charge in [0.25, 0.3) is 0 Å². The molecule has 0 atom stereocenters. The Morgan fingerprint density at radius 1 is 0.217 bits per heavy atom. The maximum absolute atomic E-state index is 7.50. The van der Waals surface area contributed by atoms with Crippen LogP contribution in [0.5, 0.6) is 0 Å². The molecule has 0 aromatic carbocycles. The molecule has 0 fully saturated rings. The van der Waals surface area contributed by atoms with E-state index in [1.165, 1.54) is 0 Å². The fourth-order valence-electron chi connectivity index (χ4n) is 0. The quantitative estimate of drug-likeness (QED) is 0.255. The SMILES string of the molecule is C.C.N=O.N=O.N=O.N=O.N=O.N=O.N=O.N=O.N=O.N=O.[V]. The van der Waals surface area contributed by atoms with Crippen molar-refractivity contribution in [3.05, 3.63) is 49.1 Å². The molecule has 1 radical (unpaired) electrons. The smallest absolute Gasteiger partial charge is 0 e. The Balaban J connectivity index is -0.00000000433. The van der Waals surface area contributed by atoms with Gasteiger partial charge >= 0.3 is 0 Å². The summed E-state index contributed by atoms with van der Waals surface area (Å²) in [6.45, 7) is 0. The molecule has 0 aliphatic rings.